The maximum absolute atomic E-state index is 12.9. The number of hydrogen-bond donors (Lipinski definition) is 1. The molecule has 8 nitrogen and oxygen atoms in total. The van der Waals surface area contributed by atoms with Crippen LogP contribution in [0.3, 0.4) is 0 Å². The summed E-state index contributed by atoms with van der Waals surface area (Å²) in [6.45, 7) is 2.10. The Kier molecular flexibility index (Phi) is 6.33. The lowest BCUT2D eigenvalue weighted by Crippen LogP contribution is -2.11. The second-order valence-corrected chi connectivity index (χ2v) is 9.42. The van der Waals surface area contributed by atoms with E-state index in [1.54, 1.807) is 73.2 Å². The van der Waals surface area contributed by atoms with Crippen molar-refractivity contribution in [3.63, 3.8) is 0 Å². The summed E-state index contributed by atoms with van der Waals surface area (Å²) in [5, 5.41) is 7.29. The first-order chi connectivity index (χ1) is 15.5. The van der Waals surface area contributed by atoms with Crippen LogP contribution in [-0.2, 0) is 26.0 Å². The normalized spacial score (nSPS) is 11.8. The Labute approximate surface area is 189 Å². The summed E-state index contributed by atoms with van der Waals surface area (Å²) in [7, 11) is -3.67. The highest BCUT2D eigenvalue weighted by Crippen LogP contribution is 2.23. The number of hydrogen-bond acceptors (Lipinski definition) is 8. The van der Waals surface area contributed by atoms with Crippen LogP contribution >= 0.6 is 11.3 Å². The molecule has 2 heterocycles. The standard InChI is InChI=1S/C22H20N4O4S2/c1-2-30-21(27)13-18-15-31-22(24-18)25-23-14-16-8-9-20-17(12-16)10-11-26(20)32(28,29)19-6-4-3-5-7-19/h3-12,14-15H,2,13H2,1H3,(H,24,25). The molecule has 0 bridgehead atoms. The summed E-state index contributed by atoms with van der Waals surface area (Å²) >= 11 is 1.34. The molecule has 0 aliphatic heterocycles. The van der Waals surface area contributed by atoms with E-state index in [0.717, 1.165) is 10.9 Å². The predicted molar refractivity (Wildman–Crippen MR) is 125 cm³/mol. The van der Waals surface area contributed by atoms with Crippen LogP contribution in [-0.4, -0.2) is 36.2 Å². The summed E-state index contributed by atoms with van der Waals surface area (Å²) in [6.07, 6.45) is 3.29. The highest BCUT2D eigenvalue weighted by atomic mass is 32.2. The topological polar surface area (TPSA) is 103 Å². The first-order valence-corrected chi connectivity index (χ1v) is 12.1. The Morgan fingerprint density at radius 2 is 2.03 bits per heavy atom. The minimum atomic E-state index is -3.67. The number of thiazole rings is 1. The van der Waals surface area contributed by atoms with E-state index in [0.29, 0.717) is 22.9 Å². The number of carbonyl (C=O) groups is 1. The lowest BCUT2D eigenvalue weighted by atomic mass is 10.2. The molecule has 32 heavy (non-hydrogen) atoms. The van der Waals surface area contributed by atoms with Crippen LogP contribution in [0.25, 0.3) is 10.9 Å². The van der Waals surface area contributed by atoms with E-state index < -0.39 is 10.0 Å². The van der Waals surface area contributed by atoms with Gasteiger partial charge >= 0.3 is 5.97 Å². The third-order valence-corrected chi connectivity index (χ3v) is 7.03. The monoisotopic (exact) mass is 468 g/mol. The van der Waals surface area contributed by atoms with Crippen molar-refractivity contribution in [1.82, 2.24) is 8.96 Å². The van der Waals surface area contributed by atoms with Gasteiger partial charge in [-0.1, -0.05) is 24.3 Å². The fourth-order valence-corrected chi connectivity index (χ4v) is 5.13. The van der Waals surface area contributed by atoms with E-state index in [9.17, 15) is 13.2 Å². The number of nitrogens with zero attached hydrogens (tertiary/aromatic N) is 3. The van der Waals surface area contributed by atoms with Gasteiger partial charge in [0.2, 0.25) is 5.13 Å². The zero-order valence-corrected chi connectivity index (χ0v) is 18.8. The molecule has 4 rings (SSSR count). The van der Waals surface area contributed by atoms with Crippen LogP contribution in [0.1, 0.15) is 18.2 Å². The first kappa shape index (κ1) is 21.7. The van der Waals surface area contributed by atoms with Crippen molar-refractivity contribution in [2.75, 3.05) is 12.0 Å². The van der Waals surface area contributed by atoms with Crippen LogP contribution in [0.4, 0.5) is 5.13 Å². The van der Waals surface area contributed by atoms with Gasteiger partial charge in [-0.2, -0.15) is 5.10 Å². The van der Waals surface area contributed by atoms with Crippen LogP contribution in [0.15, 0.2) is 76.2 Å². The van der Waals surface area contributed by atoms with Gasteiger partial charge in [-0.15, -0.1) is 11.3 Å². The summed E-state index contributed by atoms with van der Waals surface area (Å²) < 4.78 is 32.0. The molecule has 0 amide bonds. The summed E-state index contributed by atoms with van der Waals surface area (Å²) in [5.41, 5.74) is 4.84. The zero-order valence-electron chi connectivity index (χ0n) is 17.1. The SMILES string of the molecule is CCOC(=O)Cc1csc(NN=Cc2ccc3c(ccn3S(=O)(=O)c3ccccc3)c2)n1. The molecule has 10 heteroatoms. The van der Waals surface area contributed by atoms with Gasteiger partial charge < -0.3 is 4.74 Å². The Bertz CT molecular complexity index is 1380. The minimum Gasteiger partial charge on any atom is -0.466 e. The molecule has 0 aliphatic rings. The minimum absolute atomic E-state index is 0.120. The van der Waals surface area contributed by atoms with Crippen molar-refractivity contribution in [1.29, 1.82) is 0 Å². The van der Waals surface area contributed by atoms with Gasteiger partial charge in [0.15, 0.2) is 0 Å². The number of anilines is 1. The zero-order chi connectivity index (χ0) is 22.6. The van der Waals surface area contributed by atoms with Crippen molar-refractivity contribution in [3.05, 3.63) is 77.4 Å². The van der Waals surface area contributed by atoms with Gasteiger partial charge in [0.25, 0.3) is 10.0 Å². The van der Waals surface area contributed by atoms with Gasteiger partial charge in [0.05, 0.1) is 35.3 Å². The molecule has 1 N–H and O–H groups in total. The van der Waals surface area contributed by atoms with Gasteiger partial charge in [-0.05, 0) is 42.8 Å². The molecule has 0 unspecified atom stereocenters. The molecule has 0 fully saturated rings. The van der Waals surface area contributed by atoms with E-state index in [1.807, 2.05) is 6.07 Å². The summed E-state index contributed by atoms with van der Waals surface area (Å²) in [4.78, 5) is 16.1. The molecule has 0 saturated carbocycles. The number of ether oxygens (including phenoxy) is 1. The van der Waals surface area contributed by atoms with Crippen molar-refractivity contribution in [2.24, 2.45) is 5.10 Å². The predicted octanol–water partition coefficient (Wildman–Crippen LogP) is 3.89. The van der Waals surface area contributed by atoms with Crippen molar-refractivity contribution in [3.8, 4) is 0 Å². The average molecular weight is 469 g/mol. The van der Waals surface area contributed by atoms with Crippen molar-refractivity contribution < 1.29 is 17.9 Å². The molecule has 2 aromatic carbocycles. The van der Waals surface area contributed by atoms with Gasteiger partial charge in [0.1, 0.15) is 0 Å². The van der Waals surface area contributed by atoms with Crippen LogP contribution in [0.5, 0.6) is 0 Å². The first-order valence-electron chi connectivity index (χ1n) is 9.78. The number of hydrazone groups is 1. The highest BCUT2D eigenvalue weighted by Gasteiger charge is 2.18. The third kappa shape index (κ3) is 4.71. The maximum atomic E-state index is 12.9. The molecule has 0 spiro atoms. The molecular weight excluding hydrogens is 448 g/mol. The number of benzene rings is 2. The molecule has 2 aromatic heterocycles. The van der Waals surface area contributed by atoms with Crippen molar-refractivity contribution in [2.45, 2.75) is 18.2 Å². The second kappa shape index (κ2) is 9.33. The van der Waals surface area contributed by atoms with E-state index in [4.69, 9.17) is 4.74 Å². The van der Waals surface area contributed by atoms with E-state index in [-0.39, 0.29) is 17.3 Å². The molecular formula is C22H20N4O4S2. The smallest absolute Gasteiger partial charge is 0.311 e. The molecule has 0 saturated heterocycles. The summed E-state index contributed by atoms with van der Waals surface area (Å²) in [6, 6.07) is 15.5. The average Bonchev–Trinajstić information content (AvgIpc) is 3.41. The van der Waals surface area contributed by atoms with E-state index in [2.05, 4.69) is 15.5 Å². The lowest BCUT2D eigenvalue weighted by molar-refractivity contribution is -0.142. The molecule has 0 radical (unpaired) electrons. The molecule has 164 valence electrons. The third-order valence-electron chi connectivity index (χ3n) is 4.53. The van der Waals surface area contributed by atoms with E-state index in [1.165, 1.54) is 15.3 Å². The number of nitrogens with one attached hydrogen (secondary N) is 1. The lowest BCUT2D eigenvalue weighted by Gasteiger charge is -2.07. The maximum Gasteiger partial charge on any atom is 0.311 e. The van der Waals surface area contributed by atoms with Gasteiger partial charge in [-0.3, -0.25) is 10.2 Å². The Hall–Kier alpha value is -3.50. The number of aromatic nitrogens is 2. The largest absolute Gasteiger partial charge is 0.466 e. The number of esters is 1. The number of carbonyl (C=O) groups excluding carboxylic acids is 1. The number of fused-ring (bicyclic) bond motifs is 1. The van der Waals surface area contributed by atoms with Crippen molar-refractivity contribution >= 4 is 49.6 Å². The van der Waals surface area contributed by atoms with Crippen LogP contribution in [0, 0.1) is 0 Å². The Morgan fingerprint density at radius 1 is 1.22 bits per heavy atom. The second-order valence-electron chi connectivity index (χ2n) is 6.74. The van der Waals surface area contributed by atoms with Crippen LogP contribution in [0.2, 0.25) is 0 Å². The summed E-state index contributed by atoms with van der Waals surface area (Å²) in [5.74, 6) is -0.317. The van der Waals surface area contributed by atoms with Crippen LogP contribution < -0.4 is 5.43 Å². The van der Waals surface area contributed by atoms with Gasteiger partial charge in [-0.25, -0.2) is 17.4 Å². The molecule has 4 aromatic rings. The Morgan fingerprint density at radius 3 is 2.81 bits per heavy atom. The fourth-order valence-electron chi connectivity index (χ4n) is 3.09. The molecule has 0 atom stereocenters. The fraction of sp³-hybridized carbons (Fsp3) is 0.136. The quantitative estimate of drug-likeness (QED) is 0.239. The Balaban J connectivity index is 1.47. The molecule has 0 aliphatic carbocycles. The number of rotatable bonds is 8. The highest BCUT2D eigenvalue weighted by molar-refractivity contribution is 7.90. The van der Waals surface area contributed by atoms with E-state index >= 15 is 0 Å². The van der Waals surface area contributed by atoms with Gasteiger partial charge in [0, 0.05) is 17.0 Å².